The minimum absolute atomic E-state index is 0.307. The Kier molecular flexibility index (Phi) is 4.00. The van der Waals surface area contributed by atoms with Crippen molar-refractivity contribution in [1.29, 1.82) is 0 Å². The summed E-state index contributed by atoms with van der Waals surface area (Å²) in [5.41, 5.74) is 0.791. The molecule has 0 saturated carbocycles. The summed E-state index contributed by atoms with van der Waals surface area (Å²) in [6.45, 7) is 2.05. The van der Waals surface area contributed by atoms with E-state index in [0.29, 0.717) is 19.2 Å². The highest BCUT2D eigenvalue weighted by Gasteiger charge is 2.26. The van der Waals surface area contributed by atoms with E-state index in [1.807, 2.05) is 41.9 Å². The fourth-order valence-electron chi connectivity index (χ4n) is 2.94. The molecule has 1 aliphatic rings. The van der Waals surface area contributed by atoms with Gasteiger partial charge in [-0.25, -0.2) is 0 Å². The number of nitrogens with zero attached hydrogens (tertiary/aromatic N) is 5. The molecule has 1 saturated heterocycles. The van der Waals surface area contributed by atoms with Gasteiger partial charge in [-0.05, 0) is 30.7 Å². The van der Waals surface area contributed by atoms with Crippen molar-refractivity contribution in [3.05, 3.63) is 48.6 Å². The Balaban J connectivity index is 1.74. The highest BCUT2D eigenvalue weighted by Crippen LogP contribution is 2.25. The zero-order chi connectivity index (χ0) is 16.4. The molecule has 1 fully saturated rings. The summed E-state index contributed by atoms with van der Waals surface area (Å²) in [7, 11) is 2.03. The van der Waals surface area contributed by atoms with Gasteiger partial charge >= 0.3 is 0 Å². The van der Waals surface area contributed by atoms with Gasteiger partial charge in [0.05, 0.1) is 25.5 Å². The smallest absolute Gasteiger partial charge is 0.228 e. The van der Waals surface area contributed by atoms with E-state index < -0.39 is 0 Å². The maximum absolute atomic E-state index is 5.52. The molecule has 1 atom stereocenters. The average Bonchev–Trinajstić information content (AvgIpc) is 3.37. The van der Waals surface area contributed by atoms with E-state index in [-0.39, 0.29) is 0 Å². The van der Waals surface area contributed by atoms with Crippen molar-refractivity contribution < 1.29 is 9.15 Å². The van der Waals surface area contributed by atoms with Crippen molar-refractivity contribution in [1.82, 2.24) is 19.7 Å². The Bertz CT molecular complexity index is 779. The third kappa shape index (κ3) is 2.78. The summed E-state index contributed by atoms with van der Waals surface area (Å²) in [6, 6.07) is 9.91. The van der Waals surface area contributed by atoms with E-state index in [1.54, 1.807) is 12.5 Å². The van der Waals surface area contributed by atoms with Crippen molar-refractivity contribution in [3.63, 3.8) is 0 Å². The lowest BCUT2D eigenvalue weighted by molar-refractivity contribution is 0.193. The molecule has 0 bridgehead atoms. The third-order valence-electron chi connectivity index (χ3n) is 4.29. The molecule has 0 N–H and O–H groups in total. The number of likely N-dealkylation sites (N-methyl/N-ethyl adjacent to an activating group) is 1. The monoisotopic (exact) mass is 325 g/mol. The summed E-state index contributed by atoms with van der Waals surface area (Å²) < 4.78 is 13.1. The average molecular weight is 325 g/mol. The summed E-state index contributed by atoms with van der Waals surface area (Å²) >= 11 is 0. The van der Waals surface area contributed by atoms with Crippen LogP contribution in [0, 0.1) is 0 Å². The van der Waals surface area contributed by atoms with E-state index in [4.69, 9.17) is 9.15 Å². The Morgan fingerprint density at radius 2 is 2.21 bits per heavy atom. The molecular formula is C17H19N5O2. The number of hydrogen-bond acceptors (Lipinski definition) is 6. The lowest BCUT2D eigenvalue weighted by Gasteiger charge is -2.24. The molecule has 0 aliphatic carbocycles. The normalized spacial score (nSPS) is 17.3. The van der Waals surface area contributed by atoms with Crippen LogP contribution in [-0.4, -0.2) is 46.1 Å². The Morgan fingerprint density at radius 1 is 1.25 bits per heavy atom. The molecule has 0 spiro atoms. The van der Waals surface area contributed by atoms with Crippen LogP contribution in [0.25, 0.3) is 11.5 Å². The lowest BCUT2D eigenvalue weighted by atomic mass is 10.2. The fourth-order valence-corrected chi connectivity index (χ4v) is 2.94. The van der Waals surface area contributed by atoms with Crippen LogP contribution in [0.2, 0.25) is 0 Å². The Labute approximate surface area is 139 Å². The van der Waals surface area contributed by atoms with E-state index in [2.05, 4.69) is 20.1 Å². The molecular weight excluding hydrogens is 306 g/mol. The van der Waals surface area contributed by atoms with Crippen LogP contribution in [0.15, 0.2) is 47.2 Å². The molecule has 24 heavy (non-hydrogen) atoms. The second-order valence-corrected chi connectivity index (χ2v) is 5.83. The van der Waals surface area contributed by atoms with Crippen molar-refractivity contribution in [2.75, 3.05) is 25.2 Å². The van der Waals surface area contributed by atoms with Crippen LogP contribution in [-0.2, 0) is 11.3 Å². The van der Waals surface area contributed by atoms with Crippen LogP contribution in [0.3, 0.4) is 0 Å². The molecule has 124 valence electrons. The van der Waals surface area contributed by atoms with Gasteiger partial charge in [0.1, 0.15) is 11.5 Å². The molecule has 4 heterocycles. The van der Waals surface area contributed by atoms with Crippen molar-refractivity contribution >= 4 is 5.95 Å². The standard InChI is InChI=1S/C17H19N5O2/c1-21(13-7-10-23-12-13)17-20-19-16(15-6-2-3-8-18-15)22(17)11-14-5-4-9-24-14/h2-6,8-9,13H,7,10-12H2,1H3. The third-order valence-corrected chi connectivity index (χ3v) is 4.29. The van der Waals surface area contributed by atoms with Crippen molar-refractivity contribution in [3.8, 4) is 11.5 Å². The van der Waals surface area contributed by atoms with Crippen LogP contribution in [0.1, 0.15) is 12.2 Å². The Hall–Kier alpha value is -2.67. The quantitative estimate of drug-likeness (QED) is 0.716. The summed E-state index contributed by atoms with van der Waals surface area (Å²) in [4.78, 5) is 6.55. The van der Waals surface area contributed by atoms with Gasteiger partial charge in [-0.2, -0.15) is 0 Å². The number of aromatic nitrogens is 4. The largest absolute Gasteiger partial charge is 0.467 e. The Morgan fingerprint density at radius 3 is 2.92 bits per heavy atom. The maximum atomic E-state index is 5.52. The van der Waals surface area contributed by atoms with Gasteiger partial charge in [-0.1, -0.05) is 6.07 Å². The highest BCUT2D eigenvalue weighted by molar-refractivity contribution is 5.53. The molecule has 0 radical (unpaired) electrons. The van der Waals surface area contributed by atoms with Crippen LogP contribution >= 0.6 is 0 Å². The SMILES string of the molecule is CN(c1nnc(-c2ccccn2)n1Cc1ccco1)C1CCOC1. The molecule has 3 aromatic heterocycles. The highest BCUT2D eigenvalue weighted by atomic mass is 16.5. The number of ether oxygens (including phenoxy) is 1. The second-order valence-electron chi connectivity index (χ2n) is 5.83. The number of pyridine rings is 1. The fraction of sp³-hybridized carbons (Fsp3) is 0.353. The van der Waals surface area contributed by atoms with E-state index in [1.165, 1.54) is 0 Å². The number of anilines is 1. The first-order chi connectivity index (χ1) is 11.8. The lowest BCUT2D eigenvalue weighted by Crippen LogP contribution is -2.34. The van der Waals surface area contributed by atoms with Gasteiger partial charge in [-0.15, -0.1) is 10.2 Å². The summed E-state index contributed by atoms with van der Waals surface area (Å²) in [5, 5.41) is 8.80. The predicted molar refractivity (Wildman–Crippen MR) is 88.7 cm³/mol. The van der Waals surface area contributed by atoms with Crippen molar-refractivity contribution in [2.24, 2.45) is 0 Å². The van der Waals surface area contributed by atoms with Gasteiger partial charge in [0, 0.05) is 19.9 Å². The molecule has 3 aromatic rings. The molecule has 7 nitrogen and oxygen atoms in total. The van der Waals surface area contributed by atoms with Crippen LogP contribution < -0.4 is 4.90 Å². The maximum Gasteiger partial charge on any atom is 0.228 e. The topological polar surface area (TPSA) is 69.2 Å². The zero-order valence-corrected chi connectivity index (χ0v) is 13.5. The number of hydrogen-bond donors (Lipinski definition) is 0. The molecule has 0 aromatic carbocycles. The molecule has 1 aliphatic heterocycles. The zero-order valence-electron chi connectivity index (χ0n) is 13.5. The minimum atomic E-state index is 0.307. The molecule has 0 amide bonds. The first kappa shape index (κ1) is 14.9. The first-order valence-corrected chi connectivity index (χ1v) is 8.00. The van der Waals surface area contributed by atoms with Crippen molar-refractivity contribution in [2.45, 2.75) is 19.0 Å². The molecule has 4 rings (SSSR count). The minimum Gasteiger partial charge on any atom is -0.467 e. The van der Waals surface area contributed by atoms with Gasteiger partial charge in [-0.3, -0.25) is 9.55 Å². The van der Waals surface area contributed by atoms with E-state index >= 15 is 0 Å². The number of furan rings is 1. The van der Waals surface area contributed by atoms with Crippen LogP contribution in [0.4, 0.5) is 5.95 Å². The summed E-state index contributed by atoms with van der Waals surface area (Å²) in [6.07, 6.45) is 4.42. The van der Waals surface area contributed by atoms with Gasteiger partial charge in [0.15, 0.2) is 5.82 Å². The second kappa shape index (κ2) is 6.45. The van der Waals surface area contributed by atoms with E-state index in [9.17, 15) is 0 Å². The first-order valence-electron chi connectivity index (χ1n) is 8.00. The summed E-state index contributed by atoms with van der Waals surface area (Å²) in [5.74, 6) is 2.37. The van der Waals surface area contributed by atoms with Gasteiger partial charge in [0.2, 0.25) is 5.95 Å². The van der Waals surface area contributed by atoms with Gasteiger partial charge in [0.25, 0.3) is 0 Å². The molecule has 1 unspecified atom stereocenters. The molecule has 7 heteroatoms. The van der Waals surface area contributed by atoms with E-state index in [0.717, 1.165) is 36.3 Å². The van der Waals surface area contributed by atoms with Crippen LogP contribution in [0.5, 0.6) is 0 Å². The van der Waals surface area contributed by atoms with Gasteiger partial charge < -0.3 is 14.1 Å². The predicted octanol–water partition coefficient (Wildman–Crippen LogP) is 2.21. The number of rotatable bonds is 5.